The predicted molar refractivity (Wildman–Crippen MR) is 72.3 cm³/mol. The van der Waals surface area contributed by atoms with Crippen molar-refractivity contribution >= 4 is 5.91 Å². The largest absolute Gasteiger partial charge is 0.385 e. The number of ether oxygens (including phenoxy) is 1. The predicted octanol–water partition coefficient (Wildman–Crippen LogP) is 1.27. The maximum atomic E-state index is 11.6. The van der Waals surface area contributed by atoms with Crippen LogP contribution in [0.15, 0.2) is 30.3 Å². The molecular weight excluding hydrogens is 228 g/mol. The van der Waals surface area contributed by atoms with Gasteiger partial charge in [-0.2, -0.15) is 0 Å². The minimum Gasteiger partial charge on any atom is -0.385 e. The van der Waals surface area contributed by atoms with Crippen LogP contribution in [0.4, 0.5) is 0 Å². The Kier molecular flexibility index (Phi) is 7.06. The molecular formula is C14H22N2O2. The third kappa shape index (κ3) is 6.37. The number of likely N-dealkylation sites (N-methyl/N-ethyl adjacent to an activating group) is 1. The normalized spacial score (nSPS) is 10.6. The molecule has 18 heavy (non-hydrogen) atoms. The summed E-state index contributed by atoms with van der Waals surface area (Å²) in [7, 11) is 3.61. The summed E-state index contributed by atoms with van der Waals surface area (Å²) in [6.07, 6.45) is 0.852. The Bertz CT molecular complexity index is 341. The van der Waals surface area contributed by atoms with Crippen molar-refractivity contribution in [2.45, 2.75) is 13.0 Å². The number of methoxy groups -OCH3 is 1. The maximum absolute atomic E-state index is 11.6. The first-order valence-corrected chi connectivity index (χ1v) is 6.20. The van der Waals surface area contributed by atoms with Gasteiger partial charge in [-0.25, -0.2) is 0 Å². The fourth-order valence-electron chi connectivity index (χ4n) is 1.70. The second-order valence-corrected chi connectivity index (χ2v) is 4.35. The number of carbonyl (C=O) groups is 1. The number of nitrogens with one attached hydrogen (secondary N) is 1. The first kappa shape index (κ1) is 14.7. The van der Waals surface area contributed by atoms with Gasteiger partial charge in [-0.1, -0.05) is 30.3 Å². The zero-order valence-electron chi connectivity index (χ0n) is 11.2. The van der Waals surface area contributed by atoms with Gasteiger partial charge in [-0.3, -0.25) is 9.69 Å². The third-order valence-electron chi connectivity index (χ3n) is 2.56. The molecule has 100 valence electrons. The van der Waals surface area contributed by atoms with E-state index in [1.807, 2.05) is 30.1 Å². The second kappa shape index (κ2) is 8.66. The molecule has 0 spiro atoms. The van der Waals surface area contributed by atoms with E-state index < -0.39 is 0 Å². The van der Waals surface area contributed by atoms with E-state index in [1.165, 1.54) is 5.56 Å². The van der Waals surface area contributed by atoms with E-state index in [-0.39, 0.29) is 5.91 Å². The fraction of sp³-hybridized carbons (Fsp3) is 0.500. The van der Waals surface area contributed by atoms with Crippen LogP contribution in [-0.4, -0.2) is 44.7 Å². The molecule has 0 saturated heterocycles. The van der Waals surface area contributed by atoms with Crippen LogP contribution in [0.2, 0.25) is 0 Å². The molecule has 0 heterocycles. The van der Waals surface area contributed by atoms with E-state index in [4.69, 9.17) is 4.74 Å². The average molecular weight is 250 g/mol. The molecule has 0 fully saturated rings. The lowest BCUT2D eigenvalue weighted by atomic mass is 10.2. The molecule has 0 atom stereocenters. The first-order valence-electron chi connectivity index (χ1n) is 6.20. The highest BCUT2D eigenvalue weighted by Crippen LogP contribution is 2.01. The van der Waals surface area contributed by atoms with E-state index in [9.17, 15) is 4.79 Å². The van der Waals surface area contributed by atoms with Crippen molar-refractivity contribution in [1.82, 2.24) is 10.2 Å². The number of hydrogen-bond acceptors (Lipinski definition) is 3. The van der Waals surface area contributed by atoms with Gasteiger partial charge in [-0.15, -0.1) is 0 Å². The third-order valence-corrected chi connectivity index (χ3v) is 2.56. The number of rotatable bonds is 8. The Hall–Kier alpha value is -1.39. The topological polar surface area (TPSA) is 41.6 Å². The van der Waals surface area contributed by atoms with Crippen molar-refractivity contribution < 1.29 is 9.53 Å². The van der Waals surface area contributed by atoms with E-state index in [0.29, 0.717) is 19.7 Å². The van der Waals surface area contributed by atoms with Gasteiger partial charge in [0.1, 0.15) is 0 Å². The average Bonchev–Trinajstić information content (AvgIpc) is 2.35. The molecule has 0 aliphatic rings. The van der Waals surface area contributed by atoms with Crippen LogP contribution in [0.25, 0.3) is 0 Å². The highest BCUT2D eigenvalue weighted by molar-refractivity contribution is 5.77. The van der Waals surface area contributed by atoms with Gasteiger partial charge < -0.3 is 10.1 Å². The molecule has 0 saturated carbocycles. The summed E-state index contributed by atoms with van der Waals surface area (Å²) in [6.45, 7) is 2.56. The van der Waals surface area contributed by atoms with Gasteiger partial charge >= 0.3 is 0 Å². The van der Waals surface area contributed by atoms with Gasteiger partial charge in [0.25, 0.3) is 0 Å². The van der Waals surface area contributed by atoms with Gasteiger partial charge in [0.15, 0.2) is 0 Å². The van der Waals surface area contributed by atoms with Crippen LogP contribution in [0.5, 0.6) is 0 Å². The van der Waals surface area contributed by atoms with Gasteiger partial charge in [-0.05, 0) is 19.0 Å². The molecule has 1 amide bonds. The van der Waals surface area contributed by atoms with Gasteiger partial charge in [0, 0.05) is 26.8 Å². The maximum Gasteiger partial charge on any atom is 0.234 e. The van der Waals surface area contributed by atoms with Crippen molar-refractivity contribution in [3.05, 3.63) is 35.9 Å². The number of amides is 1. The van der Waals surface area contributed by atoms with Crippen molar-refractivity contribution in [3.63, 3.8) is 0 Å². The van der Waals surface area contributed by atoms with Gasteiger partial charge in [0.05, 0.1) is 6.54 Å². The van der Waals surface area contributed by atoms with Crippen LogP contribution in [0, 0.1) is 0 Å². The number of hydrogen-bond donors (Lipinski definition) is 1. The fourth-order valence-corrected chi connectivity index (χ4v) is 1.70. The Morgan fingerprint density at radius 3 is 2.72 bits per heavy atom. The Labute approximate surface area is 109 Å². The Morgan fingerprint density at radius 1 is 1.33 bits per heavy atom. The standard InChI is InChI=1S/C14H22N2O2/c1-16(11-13-7-4-3-5-8-13)12-14(17)15-9-6-10-18-2/h3-5,7-8H,6,9-12H2,1-2H3,(H,15,17). The van der Waals surface area contributed by atoms with Crippen LogP contribution in [-0.2, 0) is 16.1 Å². The highest BCUT2D eigenvalue weighted by atomic mass is 16.5. The zero-order chi connectivity index (χ0) is 13.2. The molecule has 1 aromatic carbocycles. The van der Waals surface area contributed by atoms with E-state index in [0.717, 1.165) is 13.0 Å². The smallest absolute Gasteiger partial charge is 0.234 e. The van der Waals surface area contributed by atoms with Crippen molar-refractivity contribution in [1.29, 1.82) is 0 Å². The minimum atomic E-state index is 0.0598. The number of carbonyl (C=O) groups excluding carboxylic acids is 1. The summed E-state index contributed by atoms with van der Waals surface area (Å²) < 4.78 is 4.92. The van der Waals surface area contributed by atoms with Crippen LogP contribution in [0.1, 0.15) is 12.0 Å². The summed E-state index contributed by atoms with van der Waals surface area (Å²) in [5.74, 6) is 0.0598. The Morgan fingerprint density at radius 2 is 2.06 bits per heavy atom. The van der Waals surface area contributed by atoms with Crippen LogP contribution >= 0.6 is 0 Å². The summed E-state index contributed by atoms with van der Waals surface area (Å²) in [5, 5.41) is 2.87. The molecule has 0 bridgehead atoms. The van der Waals surface area contributed by atoms with E-state index in [2.05, 4.69) is 17.4 Å². The quantitative estimate of drug-likeness (QED) is 0.707. The molecule has 0 aliphatic heterocycles. The zero-order valence-corrected chi connectivity index (χ0v) is 11.2. The highest BCUT2D eigenvalue weighted by Gasteiger charge is 2.06. The summed E-state index contributed by atoms with van der Waals surface area (Å²) >= 11 is 0. The van der Waals surface area contributed by atoms with Crippen molar-refractivity contribution in [2.24, 2.45) is 0 Å². The lowest BCUT2D eigenvalue weighted by Crippen LogP contribution is -2.35. The molecule has 1 rings (SSSR count). The lowest BCUT2D eigenvalue weighted by Gasteiger charge is -2.16. The molecule has 0 aromatic heterocycles. The molecule has 4 heteroatoms. The molecule has 1 aromatic rings. The van der Waals surface area contributed by atoms with Crippen LogP contribution in [0.3, 0.4) is 0 Å². The Balaban J connectivity index is 2.19. The molecule has 0 radical (unpaired) electrons. The molecule has 4 nitrogen and oxygen atoms in total. The van der Waals surface area contributed by atoms with Crippen LogP contribution < -0.4 is 5.32 Å². The summed E-state index contributed by atoms with van der Waals surface area (Å²) in [4.78, 5) is 13.6. The SMILES string of the molecule is COCCCNC(=O)CN(C)Cc1ccccc1. The minimum absolute atomic E-state index is 0.0598. The van der Waals surface area contributed by atoms with E-state index >= 15 is 0 Å². The van der Waals surface area contributed by atoms with Crippen molar-refractivity contribution in [3.8, 4) is 0 Å². The summed E-state index contributed by atoms with van der Waals surface area (Å²) in [6, 6.07) is 10.1. The monoisotopic (exact) mass is 250 g/mol. The number of benzene rings is 1. The lowest BCUT2D eigenvalue weighted by molar-refractivity contribution is -0.122. The van der Waals surface area contributed by atoms with Gasteiger partial charge in [0.2, 0.25) is 5.91 Å². The van der Waals surface area contributed by atoms with Crippen molar-refractivity contribution in [2.75, 3.05) is 33.9 Å². The molecule has 0 unspecified atom stereocenters. The van der Waals surface area contributed by atoms with E-state index in [1.54, 1.807) is 7.11 Å². The number of nitrogens with zero attached hydrogens (tertiary/aromatic N) is 1. The second-order valence-electron chi connectivity index (χ2n) is 4.35. The summed E-state index contributed by atoms with van der Waals surface area (Å²) in [5.41, 5.74) is 1.21. The molecule has 1 N–H and O–H groups in total. The first-order chi connectivity index (χ1) is 8.72. The molecule has 0 aliphatic carbocycles.